The SMILES string of the molecule is NC(=O)CCC(N)C(=O)O.O=P(O)(O)OP(=O)(O)O.O=P(O)(O)OP(=O)(O)OC1O[C@H](CO)[C@@H](O)[C@H]1O. The van der Waals surface area contributed by atoms with Gasteiger partial charge in [0.15, 0.2) is 6.29 Å². The summed E-state index contributed by atoms with van der Waals surface area (Å²) in [6.07, 6.45) is -6.39. The van der Waals surface area contributed by atoms with E-state index in [1.165, 1.54) is 0 Å². The number of carboxylic acids is 1. The molecule has 0 saturated carbocycles. The first-order chi connectivity index (χ1) is 16.3. The van der Waals surface area contributed by atoms with E-state index in [0.717, 1.165) is 0 Å². The summed E-state index contributed by atoms with van der Waals surface area (Å²) in [4.78, 5) is 76.7. The molecule has 15 N–H and O–H groups in total. The van der Waals surface area contributed by atoms with E-state index in [9.17, 15) is 38.1 Å². The molecule has 222 valence electrons. The van der Waals surface area contributed by atoms with Crippen LogP contribution in [0.4, 0.5) is 0 Å². The monoisotopic (exact) mass is 634 g/mol. The minimum atomic E-state index is -5.29. The molecule has 1 aliphatic heterocycles. The molecule has 1 aliphatic rings. The third-order valence-electron chi connectivity index (χ3n) is 3.18. The molecule has 23 nitrogen and oxygen atoms in total. The van der Waals surface area contributed by atoms with Crippen molar-refractivity contribution in [3.63, 3.8) is 0 Å². The van der Waals surface area contributed by atoms with Crippen LogP contribution < -0.4 is 11.5 Å². The first kappa shape index (κ1) is 38.4. The van der Waals surface area contributed by atoms with Crippen molar-refractivity contribution in [3.05, 3.63) is 0 Å². The van der Waals surface area contributed by atoms with Gasteiger partial charge in [0, 0.05) is 6.42 Å². The van der Waals surface area contributed by atoms with Crippen molar-refractivity contribution < 1.29 is 100 Å². The second-order valence-corrected chi connectivity index (χ2v) is 11.8. The minimum absolute atomic E-state index is 0.0213. The number of aliphatic hydroxyl groups is 3. The number of phosphoric acid groups is 4. The summed E-state index contributed by atoms with van der Waals surface area (Å²) in [5.41, 5.74) is 9.81. The summed E-state index contributed by atoms with van der Waals surface area (Å²) in [7, 11) is -20.6. The number of phosphoric ester groups is 1. The van der Waals surface area contributed by atoms with Gasteiger partial charge in [-0.3, -0.25) is 14.1 Å². The lowest BCUT2D eigenvalue weighted by Crippen LogP contribution is -2.34. The Morgan fingerprint density at radius 3 is 1.57 bits per heavy atom. The number of carbonyl (C=O) groups is 2. The Kier molecular flexibility index (Phi) is 16.3. The van der Waals surface area contributed by atoms with Gasteiger partial charge in [-0.15, -0.1) is 0 Å². The lowest BCUT2D eigenvalue weighted by Gasteiger charge is -2.18. The molecule has 3 unspecified atom stereocenters. The maximum absolute atomic E-state index is 11.1. The number of ether oxygens (including phenoxy) is 1. The van der Waals surface area contributed by atoms with Crippen molar-refractivity contribution in [2.75, 3.05) is 6.61 Å². The number of rotatable bonds is 11. The summed E-state index contributed by atoms with van der Waals surface area (Å²) >= 11 is 0. The van der Waals surface area contributed by atoms with E-state index in [2.05, 4.69) is 17.9 Å². The van der Waals surface area contributed by atoms with Crippen LogP contribution >= 0.6 is 31.3 Å². The highest BCUT2D eigenvalue weighted by molar-refractivity contribution is 7.61. The highest BCUT2D eigenvalue weighted by Gasteiger charge is 2.47. The first-order valence-corrected chi connectivity index (χ1v) is 14.9. The number of hydrogen-bond donors (Lipinski definition) is 13. The van der Waals surface area contributed by atoms with Crippen LogP contribution in [-0.2, 0) is 45.7 Å². The molecule has 0 spiro atoms. The Morgan fingerprint density at radius 1 is 0.865 bits per heavy atom. The minimum Gasteiger partial charge on any atom is -0.480 e. The predicted molar refractivity (Wildman–Crippen MR) is 111 cm³/mol. The number of aliphatic carboxylic acids is 1. The van der Waals surface area contributed by atoms with Crippen LogP contribution in [-0.4, -0.2) is 104 Å². The Balaban J connectivity index is 0. The molecule has 1 fully saturated rings. The lowest BCUT2D eigenvalue weighted by atomic mass is 10.1. The summed E-state index contributed by atoms with van der Waals surface area (Å²) in [6, 6.07) is -0.979. The largest absolute Gasteiger partial charge is 0.483 e. The van der Waals surface area contributed by atoms with Gasteiger partial charge in [0.25, 0.3) is 0 Å². The summed E-state index contributed by atoms with van der Waals surface area (Å²) in [5.74, 6) is -1.64. The maximum atomic E-state index is 11.1. The molecule has 0 aliphatic carbocycles. The maximum Gasteiger partial charge on any atom is 0.483 e. The molecular formula is C10H26N2O21P4. The number of primary amides is 1. The van der Waals surface area contributed by atoms with Gasteiger partial charge in [-0.1, -0.05) is 0 Å². The average molecular weight is 634 g/mol. The molecule has 0 bridgehead atoms. The fourth-order valence-corrected chi connectivity index (χ4v) is 4.57. The van der Waals surface area contributed by atoms with E-state index in [1.807, 2.05) is 0 Å². The van der Waals surface area contributed by atoms with E-state index >= 15 is 0 Å². The van der Waals surface area contributed by atoms with Crippen LogP contribution in [0.5, 0.6) is 0 Å². The molecule has 6 atom stereocenters. The quantitative estimate of drug-likeness (QED) is 0.0952. The van der Waals surface area contributed by atoms with Gasteiger partial charge in [-0.25, -0.2) is 18.3 Å². The highest BCUT2D eigenvalue weighted by Crippen LogP contribution is 2.58. The molecule has 1 amide bonds. The van der Waals surface area contributed by atoms with Gasteiger partial charge in [-0.05, 0) is 6.42 Å². The number of hydrogen-bond acceptors (Lipinski definition) is 14. The molecule has 37 heavy (non-hydrogen) atoms. The fourth-order valence-electron chi connectivity index (χ4n) is 1.80. The molecule has 1 saturated heterocycles. The average Bonchev–Trinajstić information content (AvgIpc) is 2.89. The van der Waals surface area contributed by atoms with Crippen molar-refractivity contribution in [1.82, 2.24) is 0 Å². The van der Waals surface area contributed by atoms with E-state index in [-0.39, 0.29) is 12.8 Å². The van der Waals surface area contributed by atoms with E-state index in [4.69, 9.17) is 55.9 Å². The van der Waals surface area contributed by atoms with Gasteiger partial charge in [0.2, 0.25) is 5.91 Å². The van der Waals surface area contributed by atoms with Crippen LogP contribution in [0.2, 0.25) is 0 Å². The lowest BCUT2D eigenvalue weighted by molar-refractivity contribution is -0.138. The van der Waals surface area contributed by atoms with Gasteiger partial charge < -0.3 is 70.9 Å². The van der Waals surface area contributed by atoms with Crippen LogP contribution in [0, 0.1) is 0 Å². The Labute approximate surface area is 205 Å². The van der Waals surface area contributed by atoms with E-state index < -0.39 is 80.4 Å². The Hall–Kier alpha value is -0.740. The zero-order valence-electron chi connectivity index (χ0n) is 18.0. The van der Waals surface area contributed by atoms with Gasteiger partial charge in [-0.2, -0.15) is 8.62 Å². The summed E-state index contributed by atoms with van der Waals surface area (Å²) < 4.78 is 55.9. The van der Waals surface area contributed by atoms with Gasteiger partial charge in [0.05, 0.1) is 6.61 Å². The smallest absolute Gasteiger partial charge is 0.480 e. The first-order valence-electron chi connectivity index (χ1n) is 8.80. The standard InChI is InChI=1S/C5H10N2O3.C5H12O11P2.H4O7P2/c6-3(5(9)10)1-2-4(7)8;6-1-2-3(7)4(8)5(14-2)15-18(12,13)16-17(9,10)11;1-8(2,3)7-9(4,5)6/h3H,1-2,6H2,(H2,7,8)(H,9,10);2-8H,1H2,(H,12,13)(H2,9,10,11);(H2,1,2,3)(H2,4,5,6)/t;2-,3-,4-,5?;/m.1./s1. The third kappa shape index (κ3) is 20.8. The fraction of sp³-hybridized carbons (Fsp3) is 0.800. The predicted octanol–water partition coefficient (Wildman–Crippen LogP) is -4.50. The van der Waals surface area contributed by atoms with Crippen LogP contribution in [0.25, 0.3) is 0 Å². The zero-order valence-corrected chi connectivity index (χ0v) is 21.5. The molecule has 0 aromatic heterocycles. The van der Waals surface area contributed by atoms with E-state index in [1.54, 1.807) is 0 Å². The third-order valence-corrected chi connectivity index (χ3v) is 7.03. The van der Waals surface area contributed by atoms with Crippen LogP contribution in [0.15, 0.2) is 0 Å². The molecular weight excluding hydrogens is 608 g/mol. The van der Waals surface area contributed by atoms with Crippen molar-refractivity contribution in [3.8, 4) is 0 Å². The Bertz CT molecular complexity index is 906. The molecule has 1 heterocycles. The number of carboxylic acid groups (broad SMARTS) is 1. The van der Waals surface area contributed by atoms with Crippen LogP contribution in [0.3, 0.4) is 0 Å². The molecule has 0 radical (unpaired) electrons. The molecule has 0 aromatic rings. The van der Waals surface area contributed by atoms with Gasteiger partial charge in [0.1, 0.15) is 24.4 Å². The second-order valence-electron chi connectivity index (χ2n) is 6.37. The highest BCUT2D eigenvalue weighted by atomic mass is 31.3. The number of aliphatic hydroxyl groups excluding tert-OH is 3. The van der Waals surface area contributed by atoms with Crippen molar-refractivity contribution in [1.29, 1.82) is 0 Å². The topological polar surface area (TPSA) is 414 Å². The zero-order chi connectivity index (χ0) is 30.0. The van der Waals surface area contributed by atoms with Crippen molar-refractivity contribution in [2.45, 2.75) is 43.5 Å². The number of amides is 1. The second kappa shape index (κ2) is 15.8. The van der Waals surface area contributed by atoms with Crippen molar-refractivity contribution >= 4 is 43.2 Å². The normalized spacial score (nSPS) is 24.5. The molecule has 0 aromatic carbocycles. The van der Waals surface area contributed by atoms with Gasteiger partial charge >= 0.3 is 37.3 Å². The molecule has 27 heteroatoms. The number of nitrogens with two attached hydrogens (primary N) is 2. The van der Waals surface area contributed by atoms with E-state index in [0.29, 0.717) is 0 Å². The number of carbonyl (C=O) groups excluding carboxylic acids is 1. The summed E-state index contributed by atoms with van der Waals surface area (Å²) in [6.45, 7) is -0.701. The summed E-state index contributed by atoms with van der Waals surface area (Å²) in [5, 5.41) is 35.5. The Morgan fingerprint density at radius 2 is 1.30 bits per heavy atom. The molecule has 1 rings (SSSR count). The van der Waals surface area contributed by atoms with Crippen molar-refractivity contribution in [2.24, 2.45) is 11.5 Å². The van der Waals surface area contributed by atoms with Crippen LogP contribution in [0.1, 0.15) is 12.8 Å².